The molecule has 1 aromatic carbocycles. The van der Waals surface area contributed by atoms with Gasteiger partial charge in [-0.3, -0.25) is 9.59 Å². The molecule has 0 aliphatic carbocycles. The second-order valence-electron chi connectivity index (χ2n) is 4.54. The largest absolute Gasteiger partial charge is 0.493 e. The number of nitrogens with zero attached hydrogens (tertiary/aromatic N) is 2. The number of hydrogen-bond donors (Lipinski definition) is 3. The molecular formula is C14H12N4O3S2. The highest BCUT2D eigenvalue weighted by Crippen LogP contribution is 2.25. The van der Waals surface area contributed by atoms with Crippen LogP contribution in [0.3, 0.4) is 0 Å². The Bertz CT molecular complexity index is 873. The third kappa shape index (κ3) is 4.08. The number of amides is 1. The van der Waals surface area contributed by atoms with E-state index >= 15 is 0 Å². The molecule has 2 heterocycles. The van der Waals surface area contributed by atoms with Crippen molar-refractivity contribution < 1.29 is 9.90 Å². The lowest BCUT2D eigenvalue weighted by molar-refractivity contribution is -0.115. The van der Waals surface area contributed by atoms with E-state index in [1.807, 2.05) is 24.3 Å². The molecule has 0 atom stereocenters. The number of hydrogen-bond acceptors (Lipinski definition) is 7. The number of fused-ring (bicyclic) bond motifs is 1. The Labute approximate surface area is 138 Å². The lowest BCUT2D eigenvalue weighted by Crippen LogP contribution is -2.12. The molecule has 1 amide bonds. The van der Waals surface area contributed by atoms with E-state index in [4.69, 9.17) is 0 Å². The Morgan fingerprint density at radius 1 is 1.35 bits per heavy atom. The molecule has 7 nitrogen and oxygen atoms in total. The molecule has 3 N–H and O–H groups in total. The van der Waals surface area contributed by atoms with E-state index in [-0.39, 0.29) is 23.4 Å². The van der Waals surface area contributed by atoms with Crippen molar-refractivity contribution in [2.45, 2.75) is 11.6 Å². The average Bonchev–Trinajstić information content (AvgIpc) is 2.88. The van der Waals surface area contributed by atoms with Gasteiger partial charge in [0.25, 0.3) is 5.56 Å². The topological polar surface area (TPSA) is 108 Å². The van der Waals surface area contributed by atoms with Gasteiger partial charge in [-0.2, -0.15) is 4.98 Å². The molecule has 0 unspecified atom stereocenters. The Hall–Kier alpha value is -2.39. The van der Waals surface area contributed by atoms with Crippen molar-refractivity contribution in [1.82, 2.24) is 15.0 Å². The van der Waals surface area contributed by atoms with Crippen molar-refractivity contribution in [1.29, 1.82) is 0 Å². The van der Waals surface area contributed by atoms with Crippen molar-refractivity contribution in [2.75, 3.05) is 11.1 Å². The Morgan fingerprint density at radius 2 is 2.17 bits per heavy atom. The van der Waals surface area contributed by atoms with Crippen LogP contribution >= 0.6 is 23.1 Å². The third-order valence-corrected chi connectivity index (χ3v) is 4.64. The highest BCUT2D eigenvalue weighted by Gasteiger charge is 2.08. The lowest BCUT2D eigenvalue weighted by Gasteiger charge is -2.02. The predicted octanol–water partition coefficient (Wildman–Crippen LogP) is 2.21. The lowest BCUT2D eigenvalue weighted by atomic mass is 10.3. The number of nitrogens with one attached hydrogen (secondary N) is 2. The maximum absolute atomic E-state index is 11.9. The van der Waals surface area contributed by atoms with Crippen LogP contribution in [0.15, 0.2) is 40.3 Å². The van der Waals surface area contributed by atoms with Crippen LogP contribution in [0.5, 0.6) is 5.88 Å². The van der Waals surface area contributed by atoms with Crippen LogP contribution in [-0.2, 0) is 4.79 Å². The zero-order valence-corrected chi connectivity index (χ0v) is 13.4. The molecule has 0 aliphatic rings. The van der Waals surface area contributed by atoms with E-state index in [2.05, 4.69) is 20.3 Å². The highest BCUT2D eigenvalue weighted by atomic mass is 32.2. The molecule has 9 heteroatoms. The number of aromatic nitrogens is 3. The summed E-state index contributed by atoms with van der Waals surface area (Å²) in [6.45, 7) is 0. The second-order valence-corrected chi connectivity index (χ2v) is 6.66. The number of benzene rings is 1. The van der Waals surface area contributed by atoms with Gasteiger partial charge in [-0.25, -0.2) is 4.98 Å². The van der Waals surface area contributed by atoms with Gasteiger partial charge in [-0.1, -0.05) is 35.2 Å². The Morgan fingerprint density at radius 3 is 2.96 bits per heavy atom. The molecule has 0 fully saturated rings. The van der Waals surface area contributed by atoms with E-state index in [1.54, 1.807) is 0 Å². The molecule has 3 aromatic rings. The fourth-order valence-corrected chi connectivity index (χ4v) is 3.53. The van der Waals surface area contributed by atoms with Gasteiger partial charge < -0.3 is 15.4 Å². The van der Waals surface area contributed by atoms with Crippen molar-refractivity contribution in [3.8, 4) is 5.88 Å². The number of carbonyl (C=O) groups is 1. The smallest absolute Gasteiger partial charge is 0.255 e. The van der Waals surface area contributed by atoms with E-state index < -0.39 is 5.56 Å². The summed E-state index contributed by atoms with van der Waals surface area (Å²) in [4.78, 5) is 33.7. The SMILES string of the molecule is O=C(CCSc1nc(O)cc(=O)[nH]1)Nc1nc2ccccc2s1. The summed E-state index contributed by atoms with van der Waals surface area (Å²) in [6, 6.07) is 8.65. The van der Waals surface area contributed by atoms with Gasteiger partial charge in [0.05, 0.1) is 16.3 Å². The number of anilines is 1. The predicted molar refractivity (Wildman–Crippen MR) is 90.1 cm³/mol. The molecule has 3 rings (SSSR count). The minimum Gasteiger partial charge on any atom is -0.493 e. The Balaban J connectivity index is 1.54. The number of carbonyl (C=O) groups excluding carboxylic acids is 1. The molecule has 0 saturated carbocycles. The van der Waals surface area contributed by atoms with E-state index in [0.717, 1.165) is 16.3 Å². The fraction of sp³-hybridized carbons (Fsp3) is 0.143. The number of thioether (sulfide) groups is 1. The zero-order chi connectivity index (χ0) is 16.2. The molecule has 0 radical (unpaired) electrons. The molecule has 0 spiro atoms. The molecular weight excluding hydrogens is 336 g/mol. The van der Waals surface area contributed by atoms with Gasteiger partial charge in [0.2, 0.25) is 11.8 Å². The van der Waals surface area contributed by atoms with Crippen LogP contribution in [0.1, 0.15) is 6.42 Å². The highest BCUT2D eigenvalue weighted by molar-refractivity contribution is 7.99. The van der Waals surface area contributed by atoms with Gasteiger partial charge in [0, 0.05) is 12.2 Å². The number of aromatic hydroxyl groups is 1. The van der Waals surface area contributed by atoms with Crippen molar-refractivity contribution >= 4 is 44.4 Å². The second kappa shape index (κ2) is 6.80. The van der Waals surface area contributed by atoms with Crippen LogP contribution in [0.4, 0.5) is 5.13 Å². The number of rotatable bonds is 5. The van der Waals surface area contributed by atoms with Crippen LogP contribution < -0.4 is 10.9 Å². The van der Waals surface area contributed by atoms with E-state index in [0.29, 0.717) is 10.9 Å². The van der Waals surface area contributed by atoms with Gasteiger partial charge in [0.15, 0.2) is 10.3 Å². The molecule has 0 aliphatic heterocycles. The molecule has 0 saturated heterocycles. The van der Waals surface area contributed by atoms with Crippen molar-refractivity contribution in [3.63, 3.8) is 0 Å². The zero-order valence-electron chi connectivity index (χ0n) is 11.8. The summed E-state index contributed by atoms with van der Waals surface area (Å²) in [7, 11) is 0. The fourth-order valence-electron chi connectivity index (χ4n) is 1.84. The number of aromatic amines is 1. The monoisotopic (exact) mass is 348 g/mol. The molecule has 118 valence electrons. The quantitative estimate of drug-likeness (QED) is 0.482. The summed E-state index contributed by atoms with van der Waals surface area (Å²) in [5, 5.41) is 12.8. The first kappa shape index (κ1) is 15.5. The summed E-state index contributed by atoms with van der Waals surface area (Å²) in [6.07, 6.45) is 0.236. The van der Waals surface area contributed by atoms with Gasteiger partial charge in [0.1, 0.15) is 0 Å². The minimum atomic E-state index is -0.432. The van der Waals surface area contributed by atoms with E-state index in [1.165, 1.54) is 23.1 Å². The maximum atomic E-state index is 11.9. The summed E-state index contributed by atoms with van der Waals surface area (Å²) in [5.41, 5.74) is 0.419. The first-order chi connectivity index (χ1) is 11.1. The number of thiazole rings is 1. The standard InChI is InChI=1S/C14H12N4O3S2/c19-10(5-6-22-13-17-11(20)7-12(21)18-13)16-14-15-8-3-1-2-4-9(8)23-14/h1-4,7H,5-6H2,(H,15,16,19)(H2,17,18,20,21). The summed E-state index contributed by atoms with van der Waals surface area (Å²) in [5.74, 6) is -0.0856. The summed E-state index contributed by atoms with van der Waals surface area (Å²) >= 11 is 2.60. The first-order valence-corrected chi connectivity index (χ1v) is 8.49. The van der Waals surface area contributed by atoms with Gasteiger partial charge in [-0.15, -0.1) is 0 Å². The van der Waals surface area contributed by atoms with Crippen LogP contribution in [-0.4, -0.2) is 31.7 Å². The third-order valence-electron chi connectivity index (χ3n) is 2.81. The maximum Gasteiger partial charge on any atom is 0.255 e. The number of para-hydroxylation sites is 1. The van der Waals surface area contributed by atoms with Gasteiger partial charge >= 0.3 is 0 Å². The molecule has 23 heavy (non-hydrogen) atoms. The van der Waals surface area contributed by atoms with E-state index in [9.17, 15) is 14.7 Å². The number of H-pyrrole nitrogens is 1. The minimum absolute atomic E-state index is 0.168. The van der Waals surface area contributed by atoms with Crippen molar-refractivity contribution in [2.24, 2.45) is 0 Å². The Kier molecular flexibility index (Phi) is 4.58. The molecule has 2 aromatic heterocycles. The van der Waals surface area contributed by atoms with Crippen molar-refractivity contribution in [3.05, 3.63) is 40.7 Å². The molecule has 0 bridgehead atoms. The van der Waals surface area contributed by atoms with Crippen LogP contribution in [0, 0.1) is 0 Å². The van der Waals surface area contributed by atoms with Gasteiger partial charge in [-0.05, 0) is 12.1 Å². The first-order valence-electron chi connectivity index (χ1n) is 6.69. The summed E-state index contributed by atoms with van der Waals surface area (Å²) < 4.78 is 1.01. The van der Waals surface area contributed by atoms with Crippen LogP contribution in [0.25, 0.3) is 10.2 Å². The van der Waals surface area contributed by atoms with Crippen LogP contribution in [0.2, 0.25) is 0 Å². The normalized spacial score (nSPS) is 10.8. The average molecular weight is 348 g/mol.